The molecule has 2 rings (SSSR count). The van der Waals surface area contributed by atoms with E-state index >= 15 is 0 Å². The topological polar surface area (TPSA) is 75.9 Å². The molecule has 18 heavy (non-hydrogen) atoms. The number of aromatic nitrogens is 2. The Morgan fingerprint density at radius 1 is 1.22 bits per heavy atom. The largest absolute Gasteiger partial charge is 0.373 e. The van der Waals surface area contributed by atoms with Crippen molar-refractivity contribution in [3.8, 4) is 0 Å². The van der Waals surface area contributed by atoms with Crippen molar-refractivity contribution in [2.45, 2.75) is 0 Å². The molecule has 1 aromatic heterocycles. The molecule has 4 N–H and O–H groups in total. The van der Waals surface area contributed by atoms with Crippen molar-refractivity contribution in [1.29, 1.82) is 0 Å². The molecule has 1 aromatic carbocycles. The Morgan fingerprint density at radius 2 is 1.94 bits per heavy atom. The van der Waals surface area contributed by atoms with Gasteiger partial charge in [0.1, 0.15) is 17.5 Å². The van der Waals surface area contributed by atoms with Gasteiger partial charge < -0.3 is 16.4 Å². The fourth-order valence-corrected chi connectivity index (χ4v) is 1.55. The SMILES string of the molecule is CNc1cc(Nc2ccc(Cl)cc2F)nc(N)n1. The van der Waals surface area contributed by atoms with Gasteiger partial charge in [0.25, 0.3) is 0 Å². The number of nitrogens with zero attached hydrogens (tertiary/aromatic N) is 2. The maximum absolute atomic E-state index is 13.6. The van der Waals surface area contributed by atoms with Gasteiger partial charge in [0, 0.05) is 18.1 Å². The summed E-state index contributed by atoms with van der Waals surface area (Å²) >= 11 is 5.67. The van der Waals surface area contributed by atoms with Crippen LogP contribution in [0.2, 0.25) is 5.02 Å². The fraction of sp³-hybridized carbons (Fsp3) is 0.0909. The first-order chi connectivity index (χ1) is 8.58. The van der Waals surface area contributed by atoms with E-state index < -0.39 is 5.82 Å². The summed E-state index contributed by atoms with van der Waals surface area (Å²) in [6.45, 7) is 0. The van der Waals surface area contributed by atoms with Crippen molar-refractivity contribution in [3.05, 3.63) is 35.1 Å². The van der Waals surface area contributed by atoms with Crippen LogP contribution in [0.15, 0.2) is 24.3 Å². The third-order valence-corrected chi connectivity index (χ3v) is 2.43. The second-order valence-corrected chi connectivity index (χ2v) is 3.93. The van der Waals surface area contributed by atoms with Crippen molar-refractivity contribution in [2.24, 2.45) is 0 Å². The van der Waals surface area contributed by atoms with E-state index in [4.69, 9.17) is 17.3 Å². The minimum absolute atomic E-state index is 0.0960. The number of hydrogen-bond acceptors (Lipinski definition) is 5. The van der Waals surface area contributed by atoms with Gasteiger partial charge in [-0.15, -0.1) is 0 Å². The van der Waals surface area contributed by atoms with E-state index in [0.29, 0.717) is 16.7 Å². The van der Waals surface area contributed by atoms with Gasteiger partial charge in [-0.05, 0) is 18.2 Å². The van der Waals surface area contributed by atoms with Crippen molar-refractivity contribution >= 4 is 34.9 Å². The van der Waals surface area contributed by atoms with Gasteiger partial charge in [-0.3, -0.25) is 0 Å². The van der Waals surface area contributed by atoms with Gasteiger partial charge in [0.15, 0.2) is 0 Å². The number of halogens is 2. The molecule has 0 amide bonds. The van der Waals surface area contributed by atoms with E-state index in [1.165, 1.54) is 12.1 Å². The maximum atomic E-state index is 13.6. The van der Waals surface area contributed by atoms with Gasteiger partial charge in [0.05, 0.1) is 5.69 Å². The van der Waals surface area contributed by atoms with E-state index in [1.54, 1.807) is 19.2 Å². The highest BCUT2D eigenvalue weighted by Gasteiger charge is 2.06. The number of nitrogen functional groups attached to an aromatic ring is 1. The average Bonchev–Trinajstić information content (AvgIpc) is 2.32. The summed E-state index contributed by atoms with van der Waals surface area (Å²) in [6, 6.07) is 5.93. The van der Waals surface area contributed by atoms with E-state index in [9.17, 15) is 4.39 Å². The summed E-state index contributed by atoms with van der Waals surface area (Å²) < 4.78 is 13.6. The molecular weight excluding hydrogens is 257 g/mol. The number of hydrogen-bond donors (Lipinski definition) is 3. The molecule has 0 bridgehead atoms. The van der Waals surface area contributed by atoms with Crippen LogP contribution in [0.25, 0.3) is 0 Å². The summed E-state index contributed by atoms with van der Waals surface area (Å²) in [6.07, 6.45) is 0. The van der Waals surface area contributed by atoms with Crippen LogP contribution in [0.5, 0.6) is 0 Å². The lowest BCUT2D eigenvalue weighted by atomic mass is 10.3. The Bertz CT molecular complexity index is 575. The van der Waals surface area contributed by atoms with Crippen molar-refractivity contribution < 1.29 is 4.39 Å². The van der Waals surface area contributed by atoms with Crippen LogP contribution in [-0.4, -0.2) is 17.0 Å². The van der Waals surface area contributed by atoms with Crippen LogP contribution < -0.4 is 16.4 Å². The van der Waals surface area contributed by atoms with Crippen LogP contribution in [0.3, 0.4) is 0 Å². The highest BCUT2D eigenvalue weighted by Crippen LogP contribution is 2.23. The summed E-state index contributed by atoms with van der Waals surface area (Å²) in [7, 11) is 1.70. The first-order valence-electron chi connectivity index (χ1n) is 5.13. The molecule has 0 saturated carbocycles. The zero-order valence-electron chi connectivity index (χ0n) is 9.54. The van der Waals surface area contributed by atoms with E-state index in [-0.39, 0.29) is 11.6 Å². The first-order valence-corrected chi connectivity index (χ1v) is 5.50. The monoisotopic (exact) mass is 267 g/mol. The molecule has 0 aliphatic carbocycles. The first kappa shape index (κ1) is 12.4. The predicted octanol–water partition coefficient (Wildman–Crippen LogP) is 2.64. The lowest BCUT2D eigenvalue weighted by Crippen LogP contribution is -2.04. The Balaban J connectivity index is 2.30. The van der Waals surface area contributed by atoms with Gasteiger partial charge in [0.2, 0.25) is 5.95 Å². The Labute approximate surface area is 108 Å². The molecule has 0 atom stereocenters. The lowest BCUT2D eigenvalue weighted by Gasteiger charge is -2.09. The van der Waals surface area contributed by atoms with E-state index in [1.807, 2.05) is 0 Å². The molecule has 1 heterocycles. The Hall–Kier alpha value is -2.08. The van der Waals surface area contributed by atoms with Crippen LogP contribution in [0.1, 0.15) is 0 Å². The highest BCUT2D eigenvalue weighted by molar-refractivity contribution is 6.30. The molecule has 0 fully saturated rings. The van der Waals surface area contributed by atoms with Gasteiger partial charge in [-0.2, -0.15) is 9.97 Å². The minimum atomic E-state index is -0.467. The Morgan fingerprint density at radius 3 is 2.61 bits per heavy atom. The van der Waals surface area contributed by atoms with Gasteiger partial charge >= 0.3 is 0 Å². The molecule has 0 unspecified atom stereocenters. The molecule has 5 nitrogen and oxygen atoms in total. The van der Waals surface area contributed by atoms with Crippen LogP contribution in [0, 0.1) is 5.82 Å². The molecular formula is C11H11ClFN5. The quantitative estimate of drug-likeness (QED) is 0.797. The van der Waals surface area contributed by atoms with Crippen LogP contribution >= 0.6 is 11.6 Å². The molecule has 7 heteroatoms. The number of benzene rings is 1. The van der Waals surface area contributed by atoms with Crippen LogP contribution in [0.4, 0.5) is 27.7 Å². The van der Waals surface area contributed by atoms with Crippen molar-refractivity contribution in [1.82, 2.24) is 9.97 Å². The standard InChI is InChI=1S/C11H11ClFN5/c1-15-9-5-10(18-11(14)17-9)16-8-3-2-6(12)4-7(8)13/h2-5H,1H3,(H4,14,15,16,17,18). The summed E-state index contributed by atoms with van der Waals surface area (Å²) in [5.41, 5.74) is 5.80. The zero-order valence-corrected chi connectivity index (χ0v) is 10.3. The molecule has 0 spiro atoms. The molecule has 2 aromatic rings. The minimum Gasteiger partial charge on any atom is -0.373 e. The molecule has 0 aliphatic heterocycles. The summed E-state index contributed by atoms with van der Waals surface area (Å²) in [4.78, 5) is 7.89. The fourth-order valence-electron chi connectivity index (χ4n) is 1.39. The second-order valence-electron chi connectivity index (χ2n) is 3.50. The second kappa shape index (κ2) is 5.05. The lowest BCUT2D eigenvalue weighted by molar-refractivity contribution is 0.632. The normalized spacial score (nSPS) is 10.2. The van der Waals surface area contributed by atoms with Crippen molar-refractivity contribution in [3.63, 3.8) is 0 Å². The van der Waals surface area contributed by atoms with E-state index in [2.05, 4.69) is 20.6 Å². The molecule has 0 saturated heterocycles. The molecule has 0 aliphatic rings. The van der Waals surface area contributed by atoms with Gasteiger partial charge in [-0.1, -0.05) is 11.6 Å². The third kappa shape index (κ3) is 2.78. The number of anilines is 4. The van der Waals surface area contributed by atoms with Crippen LogP contribution in [-0.2, 0) is 0 Å². The van der Waals surface area contributed by atoms with Crippen molar-refractivity contribution in [2.75, 3.05) is 23.4 Å². The molecule has 0 radical (unpaired) electrons. The number of rotatable bonds is 3. The zero-order chi connectivity index (χ0) is 13.1. The maximum Gasteiger partial charge on any atom is 0.223 e. The number of nitrogens with two attached hydrogens (primary N) is 1. The average molecular weight is 268 g/mol. The summed E-state index contributed by atoms with van der Waals surface area (Å²) in [5, 5.41) is 5.97. The highest BCUT2D eigenvalue weighted by atomic mass is 35.5. The predicted molar refractivity (Wildman–Crippen MR) is 70.7 cm³/mol. The smallest absolute Gasteiger partial charge is 0.223 e. The number of nitrogens with one attached hydrogen (secondary N) is 2. The summed E-state index contributed by atoms with van der Waals surface area (Å²) in [5.74, 6) is 0.567. The Kier molecular flexibility index (Phi) is 3.47. The third-order valence-electron chi connectivity index (χ3n) is 2.19. The van der Waals surface area contributed by atoms with E-state index in [0.717, 1.165) is 0 Å². The van der Waals surface area contributed by atoms with Gasteiger partial charge in [-0.25, -0.2) is 4.39 Å². The molecule has 94 valence electrons.